The summed E-state index contributed by atoms with van der Waals surface area (Å²) in [6.45, 7) is -0.257. The Balaban J connectivity index is 1.54. The molecule has 3 rings (SSSR count). The number of nitrogens with one attached hydrogen (secondary N) is 1. The minimum atomic E-state index is -0.470. The van der Waals surface area contributed by atoms with Gasteiger partial charge in [-0.1, -0.05) is 0 Å². The highest BCUT2D eigenvalue weighted by molar-refractivity contribution is 9.11. The average molecular weight is 553 g/mol. The highest BCUT2D eigenvalue weighted by atomic mass is 79.9. The van der Waals surface area contributed by atoms with Crippen molar-refractivity contribution in [2.75, 3.05) is 13.7 Å². The van der Waals surface area contributed by atoms with E-state index in [9.17, 15) is 14.9 Å². The summed E-state index contributed by atoms with van der Waals surface area (Å²) in [6, 6.07) is 12.8. The van der Waals surface area contributed by atoms with E-state index in [0.717, 1.165) is 0 Å². The van der Waals surface area contributed by atoms with Crippen LogP contribution in [0.2, 0.25) is 0 Å². The highest BCUT2D eigenvalue weighted by Crippen LogP contribution is 2.37. The number of nitrogens with zero attached hydrogens (tertiary/aromatic N) is 2. The lowest BCUT2D eigenvalue weighted by atomic mass is 10.1. The number of amides is 1. The maximum atomic E-state index is 12.0. The van der Waals surface area contributed by atoms with Gasteiger partial charge in [-0.25, -0.2) is 5.43 Å². The molecule has 0 saturated carbocycles. The van der Waals surface area contributed by atoms with Crippen LogP contribution in [-0.4, -0.2) is 30.8 Å². The van der Waals surface area contributed by atoms with Gasteiger partial charge in [0.15, 0.2) is 6.61 Å². The van der Waals surface area contributed by atoms with Crippen LogP contribution in [0.1, 0.15) is 5.76 Å². The second-order valence-electron chi connectivity index (χ2n) is 6.01. The minimum Gasteiger partial charge on any atom is -0.497 e. The number of hydrogen-bond donors (Lipinski definition) is 1. The molecular formula is C20H15Br2N3O6. The Morgan fingerprint density at radius 2 is 1.87 bits per heavy atom. The van der Waals surface area contributed by atoms with Gasteiger partial charge in [-0.2, -0.15) is 5.10 Å². The molecular weight excluding hydrogens is 538 g/mol. The van der Waals surface area contributed by atoms with Gasteiger partial charge in [0.2, 0.25) is 0 Å². The summed E-state index contributed by atoms with van der Waals surface area (Å²) in [5.41, 5.74) is 3.02. The molecule has 2 aromatic carbocycles. The molecule has 1 heterocycles. The number of nitro benzene ring substituents is 1. The molecule has 0 saturated heterocycles. The summed E-state index contributed by atoms with van der Waals surface area (Å²) < 4.78 is 17.5. The molecule has 11 heteroatoms. The van der Waals surface area contributed by atoms with Crippen LogP contribution in [0.3, 0.4) is 0 Å². The van der Waals surface area contributed by atoms with Crippen molar-refractivity contribution in [3.05, 3.63) is 73.4 Å². The third-order valence-electron chi connectivity index (χ3n) is 3.93. The molecule has 0 spiro atoms. The van der Waals surface area contributed by atoms with E-state index in [2.05, 4.69) is 42.4 Å². The summed E-state index contributed by atoms with van der Waals surface area (Å²) in [7, 11) is 1.55. The number of ether oxygens (including phenoxy) is 2. The van der Waals surface area contributed by atoms with Gasteiger partial charge in [0, 0.05) is 17.7 Å². The van der Waals surface area contributed by atoms with Crippen LogP contribution in [0.4, 0.5) is 5.69 Å². The fraction of sp³-hybridized carbons (Fsp3) is 0.100. The van der Waals surface area contributed by atoms with Crippen molar-refractivity contribution in [2.45, 2.75) is 0 Å². The summed E-state index contributed by atoms with van der Waals surface area (Å²) in [5.74, 6) is 1.54. The lowest BCUT2D eigenvalue weighted by Gasteiger charge is -2.11. The normalized spacial score (nSPS) is 10.8. The van der Waals surface area contributed by atoms with Crippen molar-refractivity contribution in [3.8, 4) is 22.8 Å². The van der Waals surface area contributed by atoms with Gasteiger partial charge >= 0.3 is 0 Å². The van der Waals surface area contributed by atoms with E-state index >= 15 is 0 Å². The molecule has 0 radical (unpaired) electrons. The number of nitro groups is 1. The van der Waals surface area contributed by atoms with E-state index in [4.69, 9.17) is 13.9 Å². The predicted molar refractivity (Wildman–Crippen MR) is 120 cm³/mol. The molecule has 3 aromatic rings. The third-order valence-corrected chi connectivity index (χ3v) is 5.10. The fourth-order valence-electron chi connectivity index (χ4n) is 2.46. The monoisotopic (exact) mass is 551 g/mol. The van der Waals surface area contributed by atoms with Gasteiger partial charge in [-0.15, -0.1) is 0 Å². The zero-order valence-corrected chi connectivity index (χ0v) is 19.2. The molecule has 0 atom stereocenters. The van der Waals surface area contributed by atoms with Crippen LogP contribution < -0.4 is 14.9 Å². The largest absolute Gasteiger partial charge is 0.497 e. The standard InChI is InChI=1S/C20H15Br2N3O6/c1-29-15-8-16(21)20(17(22)9-15)30-11-19(26)24-23-10-14-6-7-18(31-14)12-2-4-13(5-3-12)25(27)28/h2-10H,11H2,1H3,(H,24,26). The Morgan fingerprint density at radius 1 is 1.19 bits per heavy atom. The van der Waals surface area contributed by atoms with Gasteiger partial charge < -0.3 is 13.9 Å². The molecule has 0 bridgehead atoms. The lowest BCUT2D eigenvalue weighted by Crippen LogP contribution is -2.24. The molecule has 0 aliphatic carbocycles. The number of halogens is 2. The number of methoxy groups -OCH3 is 1. The van der Waals surface area contributed by atoms with Gasteiger partial charge in [0.05, 0.1) is 27.2 Å². The Kier molecular flexibility index (Phi) is 7.42. The molecule has 1 N–H and O–H groups in total. The van der Waals surface area contributed by atoms with Gasteiger partial charge in [-0.05, 0) is 68.3 Å². The zero-order chi connectivity index (χ0) is 22.4. The molecule has 9 nitrogen and oxygen atoms in total. The van der Waals surface area contributed by atoms with Crippen LogP contribution in [-0.2, 0) is 4.79 Å². The first-order valence-electron chi connectivity index (χ1n) is 8.70. The van der Waals surface area contributed by atoms with Gasteiger partial charge in [0.1, 0.15) is 23.0 Å². The molecule has 160 valence electrons. The van der Waals surface area contributed by atoms with Crippen LogP contribution in [0.25, 0.3) is 11.3 Å². The SMILES string of the molecule is COc1cc(Br)c(OCC(=O)NN=Cc2ccc(-c3ccc([N+](=O)[O-])cc3)o2)c(Br)c1. The Hall–Kier alpha value is -3.18. The Labute approximate surface area is 193 Å². The molecule has 0 fully saturated rings. The number of carbonyl (C=O) groups excluding carboxylic acids is 1. The zero-order valence-electron chi connectivity index (χ0n) is 16.0. The summed E-state index contributed by atoms with van der Waals surface area (Å²) >= 11 is 6.73. The number of carbonyl (C=O) groups is 1. The molecule has 0 aliphatic heterocycles. The lowest BCUT2D eigenvalue weighted by molar-refractivity contribution is -0.384. The molecule has 0 aliphatic rings. The van der Waals surface area contributed by atoms with E-state index < -0.39 is 10.8 Å². The van der Waals surface area contributed by atoms with Crippen molar-refractivity contribution in [1.29, 1.82) is 0 Å². The smallest absolute Gasteiger partial charge is 0.277 e. The third kappa shape index (κ3) is 5.92. The van der Waals surface area contributed by atoms with Gasteiger partial charge in [-0.3, -0.25) is 14.9 Å². The molecule has 31 heavy (non-hydrogen) atoms. The van der Waals surface area contributed by atoms with Crippen molar-refractivity contribution in [3.63, 3.8) is 0 Å². The van der Waals surface area contributed by atoms with E-state index in [-0.39, 0.29) is 12.3 Å². The van der Waals surface area contributed by atoms with E-state index in [0.29, 0.717) is 37.5 Å². The molecule has 1 aromatic heterocycles. The average Bonchev–Trinajstić information content (AvgIpc) is 3.22. The maximum Gasteiger partial charge on any atom is 0.277 e. The summed E-state index contributed by atoms with van der Waals surface area (Å²) in [4.78, 5) is 22.2. The van der Waals surface area contributed by atoms with Gasteiger partial charge in [0.25, 0.3) is 11.6 Å². The summed E-state index contributed by atoms with van der Waals surface area (Å²) in [5, 5.41) is 14.6. The number of hydrogen-bond acceptors (Lipinski definition) is 7. The van der Waals surface area contributed by atoms with Crippen LogP contribution in [0.5, 0.6) is 11.5 Å². The van der Waals surface area contributed by atoms with E-state index in [1.807, 2.05) is 0 Å². The molecule has 1 amide bonds. The topological polar surface area (TPSA) is 116 Å². The summed E-state index contributed by atoms with van der Waals surface area (Å²) in [6.07, 6.45) is 1.34. The predicted octanol–water partition coefficient (Wildman–Crippen LogP) is 4.92. The maximum absolute atomic E-state index is 12.0. The van der Waals surface area contributed by atoms with Crippen molar-refractivity contribution in [1.82, 2.24) is 5.43 Å². The number of furan rings is 1. The first kappa shape index (κ1) is 22.5. The Morgan fingerprint density at radius 3 is 2.48 bits per heavy atom. The van der Waals surface area contributed by atoms with Crippen molar-refractivity contribution in [2.24, 2.45) is 5.10 Å². The van der Waals surface area contributed by atoms with Crippen LogP contribution in [0, 0.1) is 10.1 Å². The second kappa shape index (κ2) is 10.2. The quantitative estimate of drug-likeness (QED) is 0.241. The number of rotatable bonds is 8. The Bertz CT molecular complexity index is 1110. The highest BCUT2D eigenvalue weighted by Gasteiger charge is 2.12. The van der Waals surface area contributed by atoms with E-state index in [1.54, 1.807) is 43.5 Å². The molecule has 0 unspecified atom stereocenters. The number of non-ortho nitro benzene ring substituents is 1. The van der Waals surface area contributed by atoms with E-state index in [1.165, 1.54) is 18.3 Å². The first-order valence-corrected chi connectivity index (χ1v) is 10.3. The van der Waals surface area contributed by atoms with Crippen molar-refractivity contribution < 1.29 is 23.6 Å². The minimum absolute atomic E-state index is 0.00396. The fourth-order valence-corrected chi connectivity index (χ4v) is 3.83. The van der Waals surface area contributed by atoms with Crippen LogP contribution in [0.15, 0.2) is 67.0 Å². The van der Waals surface area contributed by atoms with Crippen molar-refractivity contribution >= 4 is 49.7 Å². The number of benzene rings is 2. The second-order valence-corrected chi connectivity index (χ2v) is 7.72. The van der Waals surface area contributed by atoms with Crippen LogP contribution >= 0.6 is 31.9 Å². The first-order chi connectivity index (χ1) is 14.9. The number of hydrazone groups is 1.